The van der Waals surface area contributed by atoms with E-state index in [1.165, 1.54) is 11.8 Å². The molecule has 3 rings (SSSR count). The second kappa shape index (κ2) is 6.47. The Balaban J connectivity index is 1.81. The molecule has 2 aromatic heterocycles. The number of hydrogen-bond acceptors (Lipinski definition) is 6. The molecule has 2 heterocycles. The molecule has 2 N–H and O–H groups in total. The van der Waals surface area contributed by atoms with Gasteiger partial charge < -0.3 is 5.73 Å². The van der Waals surface area contributed by atoms with E-state index in [9.17, 15) is 0 Å². The Morgan fingerprint density at radius 1 is 1.10 bits per heavy atom. The summed E-state index contributed by atoms with van der Waals surface area (Å²) < 4.78 is 1.69. The first kappa shape index (κ1) is 13.7. The molecule has 1 aromatic carbocycles. The van der Waals surface area contributed by atoms with Crippen LogP contribution < -0.4 is 5.73 Å². The Bertz CT molecular complexity index is 695. The fourth-order valence-electron chi connectivity index (χ4n) is 1.85. The zero-order valence-corrected chi connectivity index (χ0v) is 12.1. The molecular weight excluding hydrogens is 284 g/mol. The predicted octanol–water partition coefficient (Wildman–Crippen LogP) is 1.71. The van der Waals surface area contributed by atoms with Gasteiger partial charge in [0.2, 0.25) is 5.16 Å². The Morgan fingerprint density at radius 2 is 1.95 bits per heavy atom. The van der Waals surface area contributed by atoms with Gasteiger partial charge in [-0.1, -0.05) is 24.3 Å². The molecule has 0 saturated heterocycles. The van der Waals surface area contributed by atoms with Gasteiger partial charge >= 0.3 is 0 Å². The second-order valence-electron chi connectivity index (χ2n) is 4.35. The third-order valence-corrected chi connectivity index (χ3v) is 3.76. The van der Waals surface area contributed by atoms with E-state index in [2.05, 4.69) is 20.5 Å². The number of hydrogen-bond donors (Lipinski definition) is 1. The van der Waals surface area contributed by atoms with Gasteiger partial charge in [-0.05, 0) is 58.9 Å². The molecule has 0 radical (unpaired) electrons. The average molecular weight is 298 g/mol. The van der Waals surface area contributed by atoms with Crippen molar-refractivity contribution in [1.29, 1.82) is 0 Å². The van der Waals surface area contributed by atoms with Crippen LogP contribution in [0, 0.1) is 0 Å². The SMILES string of the molecule is NCCc1ccc(Sc2nnnn2-c2ccccc2)nc1. The van der Waals surface area contributed by atoms with Crippen molar-refractivity contribution in [3.63, 3.8) is 0 Å². The maximum atomic E-state index is 5.53. The van der Waals surface area contributed by atoms with E-state index in [1.54, 1.807) is 4.68 Å². The summed E-state index contributed by atoms with van der Waals surface area (Å²) in [6.07, 6.45) is 2.67. The molecule has 0 amide bonds. The van der Waals surface area contributed by atoms with Crippen LogP contribution in [0.4, 0.5) is 0 Å². The first-order chi connectivity index (χ1) is 10.4. The van der Waals surface area contributed by atoms with Gasteiger partial charge in [0.1, 0.15) is 5.03 Å². The van der Waals surface area contributed by atoms with Crippen LogP contribution in [0.2, 0.25) is 0 Å². The van der Waals surface area contributed by atoms with Crippen LogP contribution in [0.15, 0.2) is 58.8 Å². The Morgan fingerprint density at radius 3 is 2.67 bits per heavy atom. The molecule has 106 valence electrons. The minimum atomic E-state index is 0.625. The average Bonchev–Trinajstić information content (AvgIpc) is 2.98. The van der Waals surface area contributed by atoms with Crippen molar-refractivity contribution in [3.8, 4) is 5.69 Å². The van der Waals surface area contributed by atoms with Gasteiger partial charge in [-0.2, -0.15) is 4.68 Å². The number of para-hydroxylation sites is 1. The van der Waals surface area contributed by atoms with E-state index in [1.807, 2.05) is 48.7 Å². The molecule has 21 heavy (non-hydrogen) atoms. The summed E-state index contributed by atoms with van der Waals surface area (Å²) in [5, 5.41) is 13.3. The zero-order chi connectivity index (χ0) is 14.5. The summed E-state index contributed by atoms with van der Waals surface area (Å²) in [6.45, 7) is 0.625. The molecule has 0 saturated carbocycles. The predicted molar refractivity (Wildman–Crippen MR) is 80.3 cm³/mol. The van der Waals surface area contributed by atoms with Crippen LogP contribution in [0.25, 0.3) is 5.69 Å². The van der Waals surface area contributed by atoms with Crippen LogP contribution in [0.1, 0.15) is 5.56 Å². The number of benzene rings is 1. The van der Waals surface area contributed by atoms with Crippen LogP contribution in [-0.2, 0) is 6.42 Å². The standard InChI is InChI=1S/C14H14N6S/c15-9-8-11-6-7-13(16-10-11)21-14-17-18-19-20(14)12-4-2-1-3-5-12/h1-7,10H,8-9,15H2. The summed E-state index contributed by atoms with van der Waals surface area (Å²) in [5.41, 5.74) is 7.58. The highest BCUT2D eigenvalue weighted by Crippen LogP contribution is 2.25. The highest BCUT2D eigenvalue weighted by Gasteiger charge is 2.10. The first-order valence-electron chi connectivity index (χ1n) is 6.53. The lowest BCUT2D eigenvalue weighted by molar-refractivity contribution is 0.756. The van der Waals surface area contributed by atoms with E-state index in [4.69, 9.17) is 5.73 Å². The van der Waals surface area contributed by atoms with Crippen molar-refractivity contribution in [3.05, 3.63) is 54.2 Å². The first-order valence-corrected chi connectivity index (χ1v) is 7.35. The molecule has 0 spiro atoms. The number of rotatable bonds is 5. The number of pyridine rings is 1. The molecule has 0 fully saturated rings. The van der Waals surface area contributed by atoms with Crippen LogP contribution >= 0.6 is 11.8 Å². The van der Waals surface area contributed by atoms with Crippen LogP contribution in [0.3, 0.4) is 0 Å². The minimum Gasteiger partial charge on any atom is -0.330 e. The maximum Gasteiger partial charge on any atom is 0.220 e. The Hall–Kier alpha value is -2.25. The highest BCUT2D eigenvalue weighted by molar-refractivity contribution is 7.99. The van der Waals surface area contributed by atoms with Crippen molar-refractivity contribution in [2.24, 2.45) is 5.73 Å². The molecule has 0 atom stereocenters. The van der Waals surface area contributed by atoms with E-state index < -0.39 is 0 Å². The number of nitrogens with zero attached hydrogens (tertiary/aromatic N) is 5. The lowest BCUT2D eigenvalue weighted by Crippen LogP contribution is -2.03. The van der Waals surface area contributed by atoms with Gasteiger partial charge in [-0.3, -0.25) is 0 Å². The highest BCUT2D eigenvalue weighted by atomic mass is 32.2. The summed E-state index contributed by atoms with van der Waals surface area (Å²) in [6, 6.07) is 13.8. The largest absolute Gasteiger partial charge is 0.330 e. The number of tetrazole rings is 1. The van der Waals surface area contributed by atoms with Gasteiger partial charge in [0.25, 0.3) is 0 Å². The third-order valence-electron chi connectivity index (χ3n) is 2.87. The smallest absolute Gasteiger partial charge is 0.220 e. The van der Waals surface area contributed by atoms with Gasteiger partial charge in [-0.25, -0.2) is 4.98 Å². The molecule has 7 heteroatoms. The Labute approximate surface area is 126 Å². The van der Waals surface area contributed by atoms with Crippen molar-refractivity contribution in [1.82, 2.24) is 25.2 Å². The van der Waals surface area contributed by atoms with Crippen molar-refractivity contribution >= 4 is 11.8 Å². The fourth-order valence-corrected chi connectivity index (χ4v) is 2.59. The van der Waals surface area contributed by atoms with Gasteiger partial charge in [0.05, 0.1) is 5.69 Å². The summed E-state index contributed by atoms with van der Waals surface area (Å²) >= 11 is 1.43. The zero-order valence-electron chi connectivity index (χ0n) is 11.3. The van der Waals surface area contributed by atoms with E-state index in [0.717, 1.165) is 22.7 Å². The van der Waals surface area contributed by atoms with E-state index in [0.29, 0.717) is 11.7 Å². The van der Waals surface area contributed by atoms with Gasteiger partial charge in [-0.15, -0.1) is 5.10 Å². The maximum absolute atomic E-state index is 5.53. The molecule has 0 bridgehead atoms. The third kappa shape index (κ3) is 3.26. The van der Waals surface area contributed by atoms with E-state index >= 15 is 0 Å². The number of aromatic nitrogens is 5. The van der Waals surface area contributed by atoms with Crippen LogP contribution in [0.5, 0.6) is 0 Å². The molecule has 0 aliphatic rings. The summed E-state index contributed by atoms with van der Waals surface area (Å²) in [5.74, 6) is 0. The quantitative estimate of drug-likeness (QED) is 0.772. The minimum absolute atomic E-state index is 0.625. The summed E-state index contributed by atoms with van der Waals surface area (Å²) in [4.78, 5) is 4.41. The van der Waals surface area contributed by atoms with Crippen molar-refractivity contribution in [2.45, 2.75) is 16.6 Å². The van der Waals surface area contributed by atoms with Crippen molar-refractivity contribution < 1.29 is 0 Å². The molecular formula is C14H14N6S. The lowest BCUT2D eigenvalue weighted by atomic mass is 10.2. The van der Waals surface area contributed by atoms with Crippen LogP contribution in [-0.4, -0.2) is 31.7 Å². The van der Waals surface area contributed by atoms with Gasteiger partial charge in [0.15, 0.2) is 0 Å². The number of nitrogens with two attached hydrogens (primary N) is 1. The normalized spacial score (nSPS) is 10.7. The lowest BCUT2D eigenvalue weighted by Gasteiger charge is -2.04. The topological polar surface area (TPSA) is 82.5 Å². The fraction of sp³-hybridized carbons (Fsp3) is 0.143. The molecule has 6 nitrogen and oxygen atoms in total. The molecule has 0 unspecified atom stereocenters. The van der Waals surface area contributed by atoms with Gasteiger partial charge in [0, 0.05) is 6.20 Å². The monoisotopic (exact) mass is 298 g/mol. The molecule has 0 aliphatic heterocycles. The van der Waals surface area contributed by atoms with Crippen molar-refractivity contribution in [2.75, 3.05) is 6.54 Å². The second-order valence-corrected chi connectivity index (χ2v) is 5.34. The molecule has 0 aliphatic carbocycles. The summed E-state index contributed by atoms with van der Waals surface area (Å²) in [7, 11) is 0. The van der Waals surface area contributed by atoms with E-state index in [-0.39, 0.29) is 0 Å². The molecule has 3 aromatic rings. The Kier molecular flexibility index (Phi) is 4.23.